The first kappa shape index (κ1) is 9.63. The molecule has 0 saturated carbocycles. The van der Waals surface area contributed by atoms with Gasteiger partial charge >= 0.3 is 0 Å². The molecule has 0 aliphatic heterocycles. The van der Waals surface area contributed by atoms with Crippen molar-refractivity contribution in [2.45, 2.75) is 26.7 Å². The van der Waals surface area contributed by atoms with Gasteiger partial charge in [0.05, 0.1) is 6.61 Å². The summed E-state index contributed by atoms with van der Waals surface area (Å²) in [5, 5.41) is 7.52. The maximum absolute atomic E-state index is 7.52. The Kier molecular flexibility index (Phi) is 5.22. The van der Waals surface area contributed by atoms with Gasteiger partial charge in [-0.1, -0.05) is 13.8 Å². The molecule has 0 rings (SSSR count). The van der Waals surface area contributed by atoms with Crippen molar-refractivity contribution < 1.29 is 4.74 Å². The van der Waals surface area contributed by atoms with Gasteiger partial charge in [-0.25, -0.2) is 0 Å². The fourth-order valence-corrected chi connectivity index (χ4v) is 0.955. The molecule has 0 aromatic carbocycles. The molecule has 0 aromatic rings. The number of hydrogen-bond acceptors (Lipinski definition) is 2. The number of rotatable bonds is 5. The third-order valence-electron chi connectivity index (χ3n) is 1.73. The smallest absolute Gasteiger partial charge is 0.0542 e. The highest BCUT2D eigenvalue weighted by atomic mass is 16.5. The molecule has 0 radical (unpaired) electrons. The van der Waals surface area contributed by atoms with Crippen LogP contribution in [0.25, 0.3) is 0 Å². The van der Waals surface area contributed by atoms with E-state index in [0.717, 1.165) is 18.6 Å². The Morgan fingerprint density at radius 1 is 1.50 bits per heavy atom. The highest BCUT2D eigenvalue weighted by Crippen LogP contribution is 2.06. The van der Waals surface area contributed by atoms with Crippen molar-refractivity contribution in [2.24, 2.45) is 5.92 Å². The van der Waals surface area contributed by atoms with Crippen LogP contribution in [0.1, 0.15) is 26.7 Å². The second-order valence-corrected chi connectivity index (χ2v) is 2.44. The minimum Gasteiger partial charge on any atom is -0.384 e. The third-order valence-corrected chi connectivity index (χ3v) is 1.73. The van der Waals surface area contributed by atoms with Crippen molar-refractivity contribution in [3.05, 3.63) is 0 Å². The summed E-state index contributed by atoms with van der Waals surface area (Å²) in [6.45, 7) is 4.80. The first-order valence-corrected chi connectivity index (χ1v) is 3.82. The monoisotopic (exact) mass is 143 g/mol. The molecular formula is C8H17NO. The average Bonchev–Trinajstić information content (AvgIpc) is 1.99. The van der Waals surface area contributed by atoms with Gasteiger partial charge in [0.2, 0.25) is 0 Å². The summed E-state index contributed by atoms with van der Waals surface area (Å²) in [5.41, 5.74) is 0.810. The van der Waals surface area contributed by atoms with Crippen LogP contribution in [-0.2, 0) is 4.74 Å². The zero-order chi connectivity index (χ0) is 7.98. The minimum atomic E-state index is 0.343. The van der Waals surface area contributed by atoms with E-state index in [2.05, 4.69) is 6.92 Å². The fourth-order valence-electron chi connectivity index (χ4n) is 0.955. The van der Waals surface area contributed by atoms with Gasteiger partial charge in [-0.15, -0.1) is 0 Å². The molecule has 1 N–H and O–H groups in total. The molecule has 0 unspecified atom stereocenters. The van der Waals surface area contributed by atoms with E-state index >= 15 is 0 Å². The second-order valence-electron chi connectivity index (χ2n) is 2.44. The van der Waals surface area contributed by atoms with Gasteiger partial charge in [-0.3, -0.25) is 0 Å². The predicted octanol–water partition coefficient (Wildman–Crippen LogP) is 2.09. The Bertz CT molecular complexity index is 101. The molecule has 0 amide bonds. The quantitative estimate of drug-likeness (QED) is 0.587. The van der Waals surface area contributed by atoms with Gasteiger partial charge in [-0.2, -0.15) is 0 Å². The van der Waals surface area contributed by atoms with Crippen LogP contribution in [-0.4, -0.2) is 19.4 Å². The number of nitrogens with one attached hydrogen (secondary N) is 1. The lowest BCUT2D eigenvalue weighted by Gasteiger charge is -2.12. The zero-order valence-electron chi connectivity index (χ0n) is 7.11. The normalized spacial score (nSPS) is 13.1. The van der Waals surface area contributed by atoms with Crippen LogP contribution in [0.3, 0.4) is 0 Å². The van der Waals surface area contributed by atoms with E-state index in [4.69, 9.17) is 10.1 Å². The Balaban J connectivity index is 3.68. The highest BCUT2D eigenvalue weighted by Gasteiger charge is 2.09. The summed E-state index contributed by atoms with van der Waals surface area (Å²) < 4.78 is 4.98. The van der Waals surface area contributed by atoms with Crippen LogP contribution in [0.5, 0.6) is 0 Å². The van der Waals surface area contributed by atoms with E-state index in [9.17, 15) is 0 Å². The molecule has 10 heavy (non-hydrogen) atoms. The maximum Gasteiger partial charge on any atom is 0.0542 e. The maximum atomic E-state index is 7.52. The molecule has 0 fully saturated rings. The number of ether oxygens (including phenoxy) is 1. The summed E-state index contributed by atoms with van der Waals surface area (Å²) in [6, 6.07) is 0. The number of hydrogen-bond donors (Lipinski definition) is 1. The molecule has 2 heteroatoms. The topological polar surface area (TPSA) is 33.1 Å². The lowest BCUT2D eigenvalue weighted by Crippen LogP contribution is -2.16. The molecule has 0 saturated heterocycles. The standard InChI is InChI=1S/C8H17NO/c1-4-7(6-10-3)8(9)5-2/h7,9H,4-6H2,1-3H3/t7-/m1/s1. The lowest BCUT2D eigenvalue weighted by molar-refractivity contribution is 0.173. The van der Waals surface area contributed by atoms with Crippen LogP contribution in [0.2, 0.25) is 0 Å². The Morgan fingerprint density at radius 3 is 2.40 bits per heavy atom. The molecule has 0 bridgehead atoms. The fraction of sp³-hybridized carbons (Fsp3) is 0.875. The van der Waals surface area contributed by atoms with Gasteiger partial charge in [-0.05, 0) is 12.8 Å². The van der Waals surface area contributed by atoms with E-state index in [1.807, 2.05) is 6.92 Å². The van der Waals surface area contributed by atoms with E-state index in [1.165, 1.54) is 0 Å². The zero-order valence-corrected chi connectivity index (χ0v) is 7.11. The molecule has 0 aliphatic carbocycles. The third kappa shape index (κ3) is 2.97. The van der Waals surface area contributed by atoms with Crippen LogP contribution < -0.4 is 0 Å². The van der Waals surface area contributed by atoms with Gasteiger partial charge in [0.15, 0.2) is 0 Å². The van der Waals surface area contributed by atoms with Crippen LogP contribution >= 0.6 is 0 Å². The van der Waals surface area contributed by atoms with Gasteiger partial charge in [0.25, 0.3) is 0 Å². The van der Waals surface area contributed by atoms with E-state index in [0.29, 0.717) is 12.5 Å². The molecule has 0 heterocycles. The van der Waals surface area contributed by atoms with Gasteiger partial charge < -0.3 is 10.1 Å². The Hall–Kier alpha value is -0.370. The molecule has 1 atom stereocenters. The summed E-state index contributed by atoms with van der Waals surface area (Å²) >= 11 is 0. The summed E-state index contributed by atoms with van der Waals surface area (Å²) in [7, 11) is 1.69. The Morgan fingerprint density at radius 2 is 2.10 bits per heavy atom. The SMILES string of the molecule is CCC(=N)[C@H](CC)COC. The van der Waals surface area contributed by atoms with E-state index in [1.54, 1.807) is 7.11 Å². The van der Waals surface area contributed by atoms with Crippen molar-refractivity contribution in [3.8, 4) is 0 Å². The first-order chi connectivity index (χ1) is 4.76. The summed E-state index contributed by atoms with van der Waals surface area (Å²) in [6.07, 6.45) is 1.86. The molecular weight excluding hydrogens is 126 g/mol. The van der Waals surface area contributed by atoms with Crippen LogP contribution in [0, 0.1) is 11.3 Å². The second kappa shape index (κ2) is 5.42. The molecule has 0 aromatic heterocycles. The van der Waals surface area contributed by atoms with E-state index < -0.39 is 0 Å². The van der Waals surface area contributed by atoms with Gasteiger partial charge in [0, 0.05) is 18.7 Å². The van der Waals surface area contributed by atoms with Crippen molar-refractivity contribution >= 4 is 5.71 Å². The molecule has 0 aliphatic rings. The van der Waals surface area contributed by atoms with Crippen molar-refractivity contribution in [1.82, 2.24) is 0 Å². The molecule has 0 spiro atoms. The molecule has 2 nitrogen and oxygen atoms in total. The highest BCUT2D eigenvalue weighted by molar-refractivity contribution is 5.83. The largest absolute Gasteiger partial charge is 0.384 e. The van der Waals surface area contributed by atoms with E-state index in [-0.39, 0.29) is 0 Å². The van der Waals surface area contributed by atoms with Gasteiger partial charge in [0.1, 0.15) is 0 Å². The van der Waals surface area contributed by atoms with Crippen LogP contribution in [0.15, 0.2) is 0 Å². The molecule has 60 valence electrons. The number of methoxy groups -OCH3 is 1. The Labute approximate surface area is 63.1 Å². The van der Waals surface area contributed by atoms with Crippen molar-refractivity contribution in [3.63, 3.8) is 0 Å². The summed E-state index contributed by atoms with van der Waals surface area (Å²) in [5.74, 6) is 0.343. The van der Waals surface area contributed by atoms with Crippen molar-refractivity contribution in [1.29, 1.82) is 5.41 Å². The average molecular weight is 143 g/mol. The predicted molar refractivity (Wildman–Crippen MR) is 43.7 cm³/mol. The minimum absolute atomic E-state index is 0.343. The summed E-state index contributed by atoms with van der Waals surface area (Å²) in [4.78, 5) is 0. The van der Waals surface area contributed by atoms with Crippen LogP contribution in [0.4, 0.5) is 0 Å². The lowest BCUT2D eigenvalue weighted by atomic mass is 10.00. The van der Waals surface area contributed by atoms with Crippen molar-refractivity contribution in [2.75, 3.05) is 13.7 Å². The first-order valence-electron chi connectivity index (χ1n) is 3.82.